The minimum atomic E-state index is -0.291. The molecular formula is C24H25ClO4. The van der Waals surface area contributed by atoms with Crippen LogP contribution in [0.4, 0.5) is 0 Å². The summed E-state index contributed by atoms with van der Waals surface area (Å²) in [5.74, 6) is 0.333. The number of hydrogen-bond donors (Lipinski definition) is 0. The molecule has 1 heterocycles. The topological polar surface area (TPSA) is 56.5 Å². The van der Waals surface area contributed by atoms with Gasteiger partial charge in [-0.2, -0.15) is 0 Å². The van der Waals surface area contributed by atoms with Crippen LogP contribution in [0.25, 0.3) is 11.0 Å². The quantitative estimate of drug-likeness (QED) is 0.240. The Bertz CT molecular complexity index is 1050. The molecule has 5 heteroatoms. The van der Waals surface area contributed by atoms with E-state index in [1.165, 1.54) is 6.42 Å². The first-order chi connectivity index (χ1) is 14.0. The second-order valence-corrected chi connectivity index (χ2v) is 7.62. The summed E-state index contributed by atoms with van der Waals surface area (Å²) in [6, 6.07) is 12.0. The maximum Gasteiger partial charge on any atom is 0.339 e. The highest BCUT2D eigenvalue weighted by Gasteiger charge is 2.13. The number of unbranched alkanes of at least 4 members (excludes halogenated alkanes) is 3. The molecule has 3 rings (SSSR count). The molecule has 29 heavy (non-hydrogen) atoms. The average molecular weight is 413 g/mol. The fourth-order valence-corrected chi connectivity index (χ4v) is 3.48. The van der Waals surface area contributed by atoms with Gasteiger partial charge in [-0.15, -0.1) is 0 Å². The Hall–Kier alpha value is -2.59. The zero-order valence-electron chi connectivity index (χ0n) is 16.8. The van der Waals surface area contributed by atoms with Gasteiger partial charge in [0.2, 0.25) is 0 Å². The van der Waals surface area contributed by atoms with Crippen molar-refractivity contribution < 1.29 is 13.9 Å². The lowest BCUT2D eigenvalue weighted by Gasteiger charge is -2.10. The lowest BCUT2D eigenvalue weighted by molar-refractivity contribution is 0.0921. The Morgan fingerprint density at radius 1 is 1.07 bits per heavy atom. The largest absolute Gasteiger partial charge is 0.485 e. The first kappa shape index (κ1) is 21.1. The van der Waals surface area contributed by atoms with E-state index in [0.29, 0.717) is 21.9 Å². The number of carbonyl (C=O) groups is 1. The van der Waals surface area contributed by atoms with E-state index in [1.807, 2.05) is 13.0 Å². The lowest BCUT2D eigenvalue weighted by Crippen LogP contribution is -2.12. The van der Waals surface area contributed by atoms with Gasteiger partial charge in [0.15, 0.2) is 12.4 Å². The van der Waals surface area contributed by atoms with Gasteiger partial charge in [0.25, 0.3) is 0 Å². The SMILES string of the molecule is CCCCCCc1c(C)c2ccc(OCC(=O)c3ccc(Cl)cc3)cc2oc1=O. The van der Waals surface area contributed by atoms with Crippen LogP contribution in [0, 0.1) is 6.92 Å². The van der Waals surface area contributed by atoms with Crippen LogP contribution in [0.1, 0.15) is 54.1 Å². The molecule has 2 aromatic carbocycles. The number of ether oxygens (including phenoxy) is 1. The number of aryl methyl sites for hydroxylation is 1. The summed E-state index contributed by atoms with van der Waals surface area (Å²) in [4.78, 5) is 24.7. The standard InChI is InChI=1S/C24H25ClO4/c1-3-4-5-6-7-21-16(2)20-13-12-19(14-23(20)29-24(21)27)28-15-22(26)17-8-10-18(25)11-9-17/h8-14H,3-7,15H2,1-2H3. The number of rotatable bonds is 9. The van der Waals surface area contributed by atoms with Crippen LogP contribution < -0.4 is 10.4 Å². The van der Waals surface area contributed by atoms with E-state index < -0.39 is 0 Å². The summed E-state index contributed by atoms with van der Waals surface area (Å²) in [6.07, 6.45) is 5.17. The van der Waals surface area contributed by atoms with E-state index in [-0.39, 0.29) is 18.0 Å². The molecule has 0 unspecified atom stereocenters. The van der Waals surface area contributed by atoms with Crippen molar-refractivity contribution in [3.63, 3.8) is 0 Å². The van der Waals surface area contributed by atoms with Crippen molar-refractivity contribution in [2.75, 3.05) is 6.61 Å². The molecule has 0 saturated heterocycles. The van der Waals surface area contributed by atoms with E-state index in [2.05, 4.69) is 6.92 Å². The molecule has 0 N–H and O–H groups in total. The first-order valence-corrected chi connectivity index (χ1v) is 10.3. The highest BCUT2D eigenvalue weighted by atomic mass is 35.5. The van der Waals surface area contributed by atoms with Gasteiger partial charge in [0.05, 0.1) is 0 Å². The van der Waals surface area contributed by atoms with E-state index >= 15 is 0 Å². The third-order valence-corrected chi connectivity index (χ3v) is 5.33. The number of halogens is 1. The van der Waals surface area contributed by atoms with E-state index in [4.69, 9.17) is 20.8 Å². The van der Waals surface area contributed by atoms with Crippen LogP contribution in [0.15, 0.2) is 51.7 Å². The fourth-order valence-electron chi connectivity index (χ4n) is 3.35. The number of ketones is 1. The lowest BCUT2D eigenvalue weighted by atomic mass is 10.0. The number of benzene rings is 2. The molecule has 1 aromatic heterocycles. The van der Waals surface area contributed by atoms with Gasteiger partial charge < -0.3 is 9.15 Å². The predicted octanol–water partition coefficient (Wildman–Crippen LogP) is 6.14. The van der Waals surface area contributed by atoms with Gasteiger partial charge in [-0.1, -0.05) is 37.8 Å². The fraction of sp³-hybridized carbons (Fsp3) is 0.333. The molecule has 0 fully saturated rings. The third-order valence-electron chi connectivity index (χ3n) is 5.08. The summed E-state index contributed by atoms with van der Waals surface area (Å²) < 4.78 is 11.2. The molecule has 4 nitrogen and oxygen atoms in total. The molecule has 0 spiro atoms. The van der Waals surface area contributed by atoms with Crippen LogP contribution in [-0.2, 0) is 6.42 Å². The Morgan fingerprint density at radius 2 is 1.83 bits per heavy atom. The maximum absolute atomic E-state index is 12.4. The van der Waals surface area contributed by atoms with Gasteiger partial charge in [-0.05, 0) is 61.7 Å². The second kappa shape index (κ2) is 9.75. The van der Waals surface area contributed by atoms with Gasteiger partial charge in [-0.3, -0.25) is 4.79 Å². The number of fused-ring (bicyclic) bond motifs is 1. The van der Waals surface area contributed by atoms with Crippen molar-refractivity contribution in [1.82, 2.24) is 0 Å². The molecule has 0 aliphatic rings. The van der Waals surface area contributed by atoms with Crippen LogP contribution in [0.5, 0.6) is 5.75 Å². The maximum atomic E-state index is 12.4. The molecule has 0 aliphatic carbocycles. The Balaban J connectivity index is 1.73. The highest BCUT2D eigenvalue weighted by Crippen LogP contribution is 2.25. The number of carbonyl (C=O) groups excluding carboxylic acids is 1. The van der Waals surface area contributed by atoms with Gasteiger partial charge in [0.1, 0.15) is 11.3 Å². The van der Waals surface area contributed by atoms with E-state index in [0.717, 1.165) is 42.2 Å². The predicted molar refractivity (Wildman–Crippen MR) is 116 cm³/mol. The minimum absolute atomic E-state index is 0.105. The minimum Gasteiger partial charge on any atom is -0.485 e. The van der Waals surface area contributed by atoms with Crippen LogP contribution in [0.2, 0.25) is 5.02 Å². The summed E-state index contributed by atoms with van der Waals surface area (Å²) >= 11 is 5.84. The van der Waals surface area contributed by atoms with E-state index in [9.17, 15) is 9.59 Å². The normalized spacial score (nSPS) is 11.0. The smallest absolute Gasteiger partial charge is 0.339 e. The second-order valence-electron chi connectivity index (χ2n) is 7.18. The Labute approximate surface area is 175 Å². The monoisotopic (exact) mass is 412 g/mol. The number of Topliss-reactive ketones (excluding diaryl/α,β-unsaturated/α-hetero) is 1. The van der Waals surface area contributed by atoms with Crippen molar-refractivity contribution in [2.24, 2.45) is 0 Å². The molecule has 0 radical (unpaired) electrons. The van der Waals surface area contributed by atoms with Crippen molar-refractivity contribution in [3.8, 4) is 5.75 Å². The number of hydrogen-bond acceptors (Lipinski definition) is 4. The molecule has 0 aliphatic heterocycles. The molecular weight excluding hydrogens is 388 g/mol. The first-order valence-electron chi connectivity index (χ1n) is 9.97. The van der Waals surface area contributed by atoms with Crippen molar-refractivity contribution in [1.29, 1.82) is 0 Å². The molecule has 3 aromatic rings. The molecule has 0 amide bonds. The van der Waals surface area contributed by atoms with Crippen molar-refractivity contribution in [3.05, 3.63) is 74.6 Å². The van der Waals surface area contributed by atoms with E-state index in [1.54, 1.807) is 36.4 Å². The summed E-state index contributed by atoms with van der Waals surface area (Å²) in [5.41, 5.74) is 2.42. The molecule has 0 atom stereocenters. The highest BCUT2D eigenvalue weighted by molar-refractivity contribution is 6.30. The van der Waals surface area contributed by atoms with Gasteiger partial charge >= 0.3 is 5.63 Å². The van der Waals surface area contributed by atoms with Crippen LogP contribution in [-0.4, -0.2) is 12.4 Å². The zero-order valence-corrected chi connectivity index (χ0v) is 17.6. The Kier molecular flexibility index (Phi) is 7.10. The Morgan fingerprint density at radius 3 is 2.55 bits per heavy atom. The molecule has 0 bridgehead atoms. The summed E-state index contributed by atoms with van der Waals surface area (Å²) in [6.45, 7) is 4.02. The van der Waals surface area contributed by atoms with Crippen LogP contribution >= 0.6 is 11.6 Å². The van der Waals surface area contributed by atoms with Gasteiger partial charge in [-0.25, -0.2) is 4.79 Å². The average Bonchev–Trinajstić information content (AvgIpc) is 2.71. The third kappa shape index (κ3) is 5.27. The molecule has 0 saturated carbocycles. The summed E-state index contributed by atoms with van der Waals surface area (Å²) in [5, 5.41) is 1.47. The van der Waals surface area contributed by atoms with Crippen molar-refractivity contribution in [2.45, 2.75) is 46.0 Å². The zero-order chi connectivity index (χ0) is 20.8. The van der Waals surface area contributed by atoms with Crippen LogP contribution in [0.3, 0.4) is 0 Å². The summed E-state index contributed by atoms with van der Waals surface area (Å²) in [7, 11) is 0. The molecule has 152 valence electrons. The van der Waals surface area contributed by atoms with Crippen molar-refractivity contribution >= 4 is 28.4 Å². The van der Waals surface area contributed by atoms with Gasteiger partial charge in [0, 0.05) is 27.6 Å².